The Bertz CT molecular complexity index is 679. The molecule has 1 atom stereocenters. The van der Waals surface area contributed by atoms with E-state index in [0.717, 1.165) is 17.9 Å². The van der Waals surface area contributed by atoms with Crippen molar-refractivity contribution >= 4 is 5.96 Å². The van der Waals surface area contributed by atoms with Crippen molar-refractivity contribution in [1.82, 2.24) is 20.8 Å². The number of benzene rings is 1. The number of guanidine groups is 1. The van der Waals surface area contributed by atoms with Crippen LogP contribution in [0, 0.1) is 12.8 Å². The molecule has 1 aromatic carbocycles. The lowest BCUT2D eigenvalue weighted by Gasteiger charge is -2.18. The summed E-state index contributed by atoms with van der Waals surface area (Å²) in [6.07, 6.45) is 0. The standard InChI is InChI=1S/C18H27N5O2/c1-12(2)11-24-16-8-6-15(7-9-16)13(3)21-18(19-5)20-10-17-22-14(4)25-23-17/h6-9,12-13H,10-11H2,1-5H3,(H2,19,20,21)/t13-/m0/s1. The molecule has 0 amide bonds. The lowest BCUT2D eigenvalue weighted by Crippen LogP contribution is -2.38. The van der Waals surface area contributed by atoms with Crippen LogP contribution in [0.5, 0.6) is 5.75 Å². The van der Waals surface area contributed by atoms with Crippen LogP contribution in [0.2, 0.25) is 0 Å². The van der Waals surface area contributed by atoms with Gasteiger partial charge in [-0.05, 0) is 30.5 Å². The summed E-state index contributed by atoms with van der Waals surface area (Å²) in [5.41, 5.74) is 1.15. The molecule has 0 bridgehead atoms. The summed E-state index contributed by atoms with van der Waals surface area (Å²) in [6.45, 7) is 9.28. The maximum Gasteiger partial charge on any atom is 0.223 e. The van der Waals surface area contributed by atoms with E-state index >= 15 is 0 Å². The van der Waals surface area contributed by atoms with E-state index in [-0.39, 0.29) is 6.04 Å². The van der Waals surface area contributed by atoms with Crippen LogP contribution in [0.25, 0.3) is 0 Å². The number of hydrogen-bond donors (Lipinski definition) is 2. The average Bonchev–Trinajstić information content (AvgIpc) is 3.02. The third-order valence-corrected chi connectivity index (χ3v) is 3.52. The van der Waals surface area contributed by atoms with Crippen molar-refractivity contribution in [1.29, 1.82) is 0 Å². The summed E-state index contributed by atoms with van der Waals surface area (Å²) in [4.78, 5) is 8.38. The summed E-state index contributed by atoms with van der Waals surface area (Å²) in [7, 11) is 1.73. The fourth-order valence-corrected chi connectivity index (χ4v) is 2.17. The Morgan fingerprint density at radius 2 is 1.96 bits per heavy atom. The van der Waals surface area contributed by atoms with E-state index < -0.39 is 0 Å². The van der Waals surface area contributed by atoms with E-state index in [1.165, 1.54) is 0 Å². The first-order valence-corrected chi connectivity index (χ1v) is 8.47. The van der Waals surface area contributed by atoms with Crippen molar-refractivity contribution in [2.24, 2.45) is 10.9 Å². The van der Waals surface area contributed by atoms with E-state index in [1.54, 1.807) is 14.0 Å². The third-order valence-electron chi connectivity index (χ3n) is 3.52. The minimum atomic E-state index is 0.0948. The fourth-order valence-electron chi connectivity index (χ4n) is 2.17. The van der Waals surface area contributed by atoms with Crippen LogP contribution in [0.15, 0.2) is 33.8 Å². The van der Waals surface area contributed by atoms with Gasteiger partial charge in [-0.15, -0.1) is 0 Å². The number of nitrogens with zero attached hydrogens (tertiary/aromatic N) is 3. The van der Waals surface area contributed by atoms with Crippen LogP contribution in [-0.4, -0.2) is 29.8 Å². The molecule has 7 nitrogen and oxygen atoms in total. The summed E-state index contributed by atoms with van der Waals surface area (Å²) in [5, 5.41) is 10.4. The lowest BCUT2D eigenvalue weighted by molar-refractivity contribution is 0.271. The van der Waals surface area contributed by atoms with Crippen LogP contribution in [0.4, 0.5) is 0 Å². The number of aryl methyl sites for hydroxylation is 1. The number of rotatable bonds is 7. The van der Waals surface area contributed by atoms with Crippen molar-refractivity contribution < 1.29 is 9.26 Å². The maximum atomic E-state index is 5.71. The van der Waals surface area contributed by atoms with Crippen LogP contribution in [0.1, 0.15) is 44.1 Å². The molecule has 7 heteroatoms. The van der Waals surface area contributed by atoms with Gasteiger partial charge in [-0.25, -0.2) is 0 Å². The molecule has 0 aliphatic carbocycles. The normalized spacial score (nSPS) is 13.0. The smallest absolute Gasteiger partial charge is 0.223 e. The topological polar surface area (TPSA) is 84.6 Å². The molecular formula is C18H27N5O2. The van der Waals surface area contributed by atoms with E-state index in [9.17, 15) is 0 Å². The van der Waals surface area contributed by atoms with Crippen LogP contribution in [-0.2, 0) is 6.54 Å². The van der Waals surface area contributed by atoms with Crippen molar-refractivity contribution in [3.63, 3.8) is 0 Å². The molecule has 0 spiro atoms. The molecule has 0 fully saturated rings. The van der Waals surface area contributed by atoms with Gasteiger partial charge in [-0.3, -0.25) is 4.99 Å². The maximum absolute atomic E-state index is 5.71. The summed E-state index contributed by atoms with van der Waals surface area (Å²) < 4.78 is 10.7. The zero-order chi connectivity index (χ0) is 18.2. The van der Waals surface area contributed by atoms with Crippen molar-refractivity contribution in [3.05, 3.63) is 41.5 Å². The first-order valence-electron chi connectivity index (χ1n) is 8.47. The minimum Gasteiger partial charge on any atom is -0.493 e. The van der Waals surface area contributed by atoms with Gasteiger partial charge in [0.1, 0.15) is 5.75 Å². The zero-order valence-electron chi connectivity index (χ0n) is 15.5. The van der Waals surface area contributed by atoms with Gasteiger partial charge in [-0.2, -0.15) is 4.98 Å². The molecule has 2 rings (SSSR count). The van der Waals surface area contributed by atoms with Crippen molar-refractivity contribution in [2.75, 3.05) is 13.7 Å². The summed E-state index contributed by atoms with van der Waals surface area (Å²) in [5.74, 6) is 3.22. The first kappa shape index (κ1) is 18.8. The molecule has 0 aliphatic heterocycles. The first-order chi connectivity index (χ1) is 12.0. The van der Waals surface area contributed by atoms with Crippen LogP contribution >= 0.6 is 0 Å². The SMILES string of the molecule is CN=C(NCc1noc(C)n1)N[C@@H](C)c1ccc(OCC(C)C)cc1. The molecular weight excluding hydrogens is 318 g/mol. The van der Waals surface area contributed by atoms with Gasteiger partial charge in [0.05, 0.1) is 19.2 Å². The molecule has 2 aromatic rings. The lowest BCUT2D eigenvalue weighted by atomic mass is 10.1. The van der Waals surface area contributed by atoms with Crippen LogP contribution < -0.4 is 15.4 Å². The molecule has 1 heterocycles. The van der Waals surface area contributed by atoms with Crippen molar-refractivity contribution in [2.45, 2.75) is 40.3 Å². The average molecular weight is 345 g/mol. The molecule has 1 aromatic heterocycles. The Kier molecular flexibility index (Phi) is 6.80. The van der Waals surface area contributed by atoms with Gasteiger partial charge >= 0.3 is 0 Å². The molecule has 0 radical (unpaired) electrons. The van der Waals surface area contributed by atoms with Crippen LogP contribution in [0.3, 0.4) is 0 Å². The van der Waals surface area contributed by atoms with Gasteiger partial charge in [0.2, 0.25) is 5.89 Å². The monoisotopic (exact) mass is 345 g/mol. The Hall–Kier alpha value is -2.57. The fraction of sp³-hybridized carbons (Fsp3) is 0.500. The largest absolute Gasteiger partial charge is 0.493 e. The number of ether oxygens (including phenoxy) is 1. The number of aliphatic imine (C=N–C) groups is 1. The predicted molar refractivity (Wildman–Crippen MR) is 97.6 cm³/mol. The molecule has 2 N–H and O–H groups in total. The van der Waals surface area contributed by atoms with E-state index in [2.05, 4.69) is 58.7 Å². The van der Waals surface area contributed by atoms with Gasteiger partial charge in [0.15, 0.2) is 11.8 Å². The van der Waals surface area contributed by atoms with E-state index in [4.69, 9.17) is 9.26 Å². The second-order valence-electron chi connectivity index (χ2n) is 6.30. The number of aromatic nitrogens is 2. The van der Waals surface area contributed by atoms with Crippen molar-refractivity contribution in [3.8, 4) is 5.75 Å². The Morgan fingerprint density at radius 1 is 1.24 bits per heavy atom. The second-order valence-corrected chi connectivity index (χ2v) is 6.30. The molecule has 0 unspecified atom stereocenters. The second kappa shape index (κ2) is 9.05. The Labute approximate surface area is 148 Å². The molecule has 0 saturated carbocycles. The van der Waals surface area contributed by atoms with E-state index in [0.29, 0.717) is 30.1 Å². The third kappa shape index (κ3) is 6.10. The highest BCUT2D eigenvalue weighted by atomic mass is 16.5. The molecule has 0 aliphatic rings. The van der Waals surface area contributed by atoms with E-state index in [1.807, 2.05) is 12.1 Å². The zero-order valence-corrected chi connectivity index (χ0v) is 15.5. The Balaban J connectivity index is 1.87. The summed E-state index contributed by atoms with van der Waals surface area (Å²) in [6, 6.07) is 8.20. The minimum absolute atomic E-state index is 0.0948. The predicted octanol–water partition coefficient (Wildman–Crippen LogP) is 2.84. The van der Waals surface area contributed by atoms with Gasteiger partial charge in [0, 0.05) is 14.0 Å². The van der Waals surface area contributed by atoms with Gasteiger partial charge in [0.25, 0.3) is 0 Å². The Morgan fingerprint density at radius 3 is 2.52 bits per heavy atom. The molecule has 0 saturated heterocycles. The number of hydrogen-bond acceptors (Lipinski definition) is 5. The number of nitrogens with one attached hydrogen (secondary N) is 2. The highest BCUT2D eigenvalue weighted by Crippen LogP contribution is 2.18. The molecule has 25 heavy (non-hydrogen) atoms. The quantitative estimate of drug-likeness (QED) is 0.593. The highest BCUT2D eigenvalue weighted by molar-refractivity contribution is 5.80. The molecule has 136 valence electrons. The highest BCUT2D eigenvalue weighted by Gasteiger charge is 2.09. The van der Waals surface area contributed by atoms with Gasteiger partial charge < -0.3 is 19.9 Å². The van der Waals surface area contributed by atoms with Gasteiger partial charge in [-0.1, -0.05) is 31.1 Å². The summed E-state index contributed by atoms with van der Waals surface area (Å²) >= 11 is 0.